The van der Waals surface area contributed by atoms with Gasteiger partial charge in [-0.25, -0.2) is 9.37 Å². The Morgan fingerprint density at radius 3 is 2.76 bits per heavy atom. The van der Waals surface area contributed by atoms with Crippen LogP contribution in [-0.2, 0) is 17.9 Å². The fourth-order valence-electron chi connectivity index (χ4n) is 2.74. The second-order valence-corrected chi connectivity index (χ2v) is 6.17. The number of aromatic amines is 1. The lowest BCUT2D eigenvalue weighted by molar-refractivity contribution is 0.0124. The smallest absolute Gasteiger partial charge is 0.151 e. The van der Waals surface area contributed by atoms with Crippen molar-refractivity contribution in [3.8, 4) is 0 Å². The van der Waals surface area contributed by atoms with Crippen LogP contribution in [-0.4, -0.2) is 46.3 Å². The van der Waals surface area contributed by atoms with Gasteiger partial charge in [0.2, 0.25) is 0 Å². The maximum atomic E-state index is 13.7. The molecule has 1 heterocycles. The summed E-state index contributed by atoms with van der Waals surface area (Å²) in [6.07, 6.45) is -0.602. The summed E-state index contributed by atoms with van der Waals surface area (Å²) >= 11 is 0. The number of hydrogen-bond donors (Lipinski definition) is 2. The number of para-hydroxylation sites is 1. The molecule has 0 spiro atoms. The number of aromatic nitrogens is 2. The molecular weight excluding hydrogens is 321 g/mol. The number of hydrogen-bond acceptors (Lipinski definition) is 4. The zero-order valence-corrected chi connectivity index (χ0v) is 14.2. The average molecular weight is 343 g/mol. The first-order valence-corrected chi connectivity index (χ1v) is 8.23. The summed E-state index contributed by atoms with van der Waals surface area (Å²) in [7, 11) is 1.88. The van der Waals surface area contributed by atoms with Gasteiger partial charge >= 0.3 is 0 Å². The van der Waals surface area contributed by atoms with Gasteiger partial charge in [-0.05, 0) is 24.7 Å². The topological polar surface area (TPSA) is 61.4 Å². The molecule has 0 unspecified atom stereocenters. The highest BCUT2D eigenvalue weighted by Crippen LogP contribution is 2.15. The van der Waals surface area contributed by atoms with Gasteiger partial charge in [0, 0.05) is 6.54 Å². The number of H-pyrrole nitrogens is 1. The number of ether oxygens (including phenoxy) is 1. The summed E-state index contributed by atoms with van der Waals surface area (Å²) in [4.78, 5) is 9.30. The SMILES string of the molecule is CN(Cc1nc2c(F)cccc2[nH]1)C[C@@H](O)COCc1ccccc1. The molecule has 0 aliphatic rings. The number of benzene rings is 2. The van der Waals surface area contributed by atoms with Crippen molar-refractivity contribution in [3.63, 3.8) is 0 Å². The van der Waals surface area contributed by atoms with Crippen LogP contribution in [0.4, 0.5) is 4.39 Å². The minimum Gasteiger partial charge on any atom is -0.389 e. The van der Waals surface area contributed by atoms with Crippen molar-refractivity contribution in [1.29, 1.82) is 0 Å². The molecule has 0 aliphatic carbocycles. The van der Waals surface area contributed by atoms with E-state index < -0.39 is 6.10 Å². The number of nitrogens with zero attached hydrogens (tertiary/aromatic N) is 2. The third-order valence-electron chi connectivity index (χ3n) is 3.88. The van der Waals surface area contributed by atoms with Crippen LogP contribution in [0.5, 0.6) is 0 Å². The predicted octanol–water partition coefficient (Wildman–Crippen LogP) is 2.71. The molecule has 3 aromatic rings. The first-order chi connectivity index (χ1) is 12.1. The van der Waals surface area contributed by atoms with Crippen LogP contribution < -0.4 is 0 Å². The minimum atomic E-state index is -0.602. The molecular formula is C19H22FN3O2. The second kappa shape index (κ2) is 8.20. The van der Waals surface area contributed by atoms with Gasteiger partial charge in [-0.1, -0.05) is 36.4 Å². The van der Waals surface area contributed by atoms with Crippen molar-refractivity contribution in [1.82, 2.24) is 14.9 Å². The number of imidazole rings is 1. The quantitative estimate of drug-likeness (QED) is 0.660. The molecule has 2 N–H and O–H groups in total. The van der Waals surface area contributed by atoms with Crippen molar-refractivity contribution in [2.24, 2.45) is 0 Å². The van der Waals surface area contributed by atoms with E-state index in [1.807, 2.05) is 42.3 Å². The van der Waals surface area contributed by atoms with Gasteiger partial charge in [-0.15, -0.1) is 0 Å². The van der Waals surface area contributed by atoms with Crippen LogP contribution in [0.1, 0.15) is 11.4 Å². The van der Waals surface area contributed by atoms with E-state index >= 15 is 0 Å². The minimum absolute atomic E-state index is 0.258. The number of aliphatic hydroxyl groups is 1. The van der Waals surface area contributed by atoms with Gasteiger partial charge in [0.05, 0.1) is 31.4 Å². The van der Waals surface area contributed by atoms with Gasteiger partial charge < -0.3 is 14.8 Å². The van der Waals surface area contributed by atoms with E-state index in [9.17, 15) is 9.50 Å². The van der Waals surface area contributed by atoms with Crippen LogP contribution in [0, 0.1) is 5.82 Å². The summed E-state index contributed by atoms with van der Waals surface area (Å²) in [6, 6.07) is 14.7. The summed E-state index contributed by atoms with van der Waals surface area (Å²) < 4.78 is 19.2. The van der Waals surface area contributed by atoms with E-state index in [0.29, 0.717) is 36.6 Å². The van der Waals surface area contributed by atoms with Crippen LogP contribution >= 0.6 is 0 Å². The number of halogens is 1. The highest BCUT2D eigenvalue weighted by molar-refractivity contribution is 5.75. The van der Waals surface area contributed by atoms with Crippen molar-refractivity contribution in [2.75, 3.05) is 20.2 Å². The number of rotatable bonds is 8. The fraction of sp³-hybridized carbons (Fsp3) is 0.316. The summed E-state index contributed by atoms with van der Waals surface area (Å²) in [6.45, 7) is 1.66. The summed E-state index contributed by atoms with van der Waals surface area (Å²) in [5, 5.41) is 10.1. The molecule has 0 fully saturated rings. The number of nitrogens with one attached hydrogen (secondary N) is 1. The molecule has 2 aromatic carbocycles. The molecule has 0 saturated carbocycles. The Hall–Kier alpha value is -2.28. The maximum Gasteiger partial charge on any atom is 0.151 e. The Kier molecular flexibility index (Phi) is 5.75. The second-order valence-electron chi connectivity index (χ2n) is 6.17. The zero-order valence-electron chi connectivity index (χ0n) is 14.2. The van der Waals surface area contributed by atoms with Gasteiger partial charge in [0.25, 0.3) is 0 Å². The molecule has 132 valence electrons. The number of aliphatic hydroxyl groups excluding tert-OH is 1. The van der Waals surface area contributed by atoms with Gasteiger partial charge in [0.1, 0.15) is 11.3 Å². The molecule has 0 aliphatic heterocycles. The third kappa shape index (κ3) is 4.85. The standard InChI is InChI=1S/C19H22FN3O2/c1-23(10-15(24)13-25-12-14-6-3-2-4-7-14)11-18-21-17-9-5-8-16(20)19(17)22-18/h2-9,15,24H,10-13H2,1H3,(H,21,22)/t15-/m1/s1. The highest BCUT2D eigenvalue weighted by atomic mass is 19.1. The lowest BCUT2D eigenvalue weighted by atomic mass is 10.2. The van der Waals surface area contributed by atoms with Gasteiger partial charge in [-0.3, -0.25) is 4.90 Å². The van der Waals surface area contributed by atoms with Gasteiger partial charge in [-0.2, -0.15) is 0 Å². The van der Waals surface area contributed by atoms with Crippen molar-refractivity contribution in [2.45, 2.75) is 19.3 Å². The highest BCUT2D eigenvalue weighted by Gasteiger charge is 2.12. The molecule has 6 heteroatoms. The van der Waals surface area contributed by atoms with E-state index in [4.69, 9.17) is 4.74 Å². The number of likely N-dealkylation sites (N-methyl/N-ethyl adjacent to an activating group) is 1. The van der Waals surface area contributed by atoms with E-state index in [2.05, 4.69) is 9.97 Å². The first kappa shape index (κ1) is 17.5. The van der Waals surface area contributed by atoms with Crippen molar-refractivity contribution in [3.05, 3.63) is 65.7 Å². The number of fused-ring (bicyclic) bond motifs is 1. The van der Waals surface area contributed by atoms with E-state index in [1.54, 1.807) is 12.1 Å². The molecule has 0 saturated heterocycles. The molecule has 25 heavy (non-hydrogen) atoms. The molecule has 1 atom stereocenters. The van der Waals surface area contributed by atoms with Gasteiger partial charge in [0.15, 0.2) is 5.82 Å². The maximum absolute atomic E-state index is 13.7. The van der Waals surface area contributed by atoms with E-state index in [0.717, 1.165) is 5.56 Å². The molecule has 5 nitrogen and oxygen atoms in total. The Morgan fingerprint density at radius 2 is 2.00 bits per heavy atom. The largest absolute Gasteiger partial charge is 0.389 e. The Bertz CT molecular complexity index is 807. The lowest BCUT2D eigenvalue weighted by Gasteiger charge is -2.19. The zero-order chi connectivity index (χ0) is 17.6. The first-order valence-electron chi connectivity index (χ1n) is 8.23. The van der Waals surface area contributed by atoms with E-state index in [-0.39, 0.29) is 12.4 Å². The lowest BCUT2D eigenvalue weighted by Crippen LogP contribution is -2.32. The van der Waals surface area contributed by atoms with Crippen LogP contribution in [0.3, 0.4) is 0 Å². The molecule has 0 radical (unpaired) electrons. The van der Waals surface area contributed by atoms with Crippen LogP contribution in [0.2, 0.25) is 0 Å². The fourth-order valence-corrected chi connectivity index (χ4v) is 2.74. The predicted molar refractivity (Wildman–Crippen MR) is 94.5 cm³/mol. The Morgan fingerprint density at radius 1 is 1.20 bits per heavy atom. The summed E-state index contributed by atoms with van der Waals surface area (Å²) in [5.41, 5.74) is 2.10. The normalized spacial score (nSPS) is 12.8. The molecule has 1 aromatic heterocycles. The molecule has 3 rings (SSSR count). The molecule has 0 amide bonds. The van der Waals surface area contributed by atoms with Crippen molar-refractivity contribution < 1.29 is 14.2 Å². The third-order valence-corrected chi connectivity index (χ3v) is 3.88. The average Bonchev–Trinajstić information content (AvgIpc) is 2.99. The summed E-state index contributed by atoms with van der Waals surface area (Å²) in [5.74, 6) is 0.331. The van der Waals surface area contributed by atoms with Crippen molar-refractivity contribution >= 4 is 11.0 Å². The van der Waals surface area contributed by atoms with Crippen LogP contribution in [0.15, 0.2) is 48.5 Å². The Labute approximate surface area is 146 Å². The molecule has 0 bridgehead atoms. The van der Waals surface area contributed by atoms with Crippen LogP contribution in [0.25, 0.3) is 11.0 Å². The Balaban J connectivity index is 1.46. The van der Waals surface area contributed by atoms with E-state index in [1.165, 1.54) is 6.07 Å². The monoisotopic (exact) mass is 343 g/mol.